The van der Waals surface area contributed by atoms with Crippen LogP contribution in [0.2, 0.25) is 0 Å². The summed E-state index contributed by atoms with van der Waals surface area (Å²) in [6, 6.07) is 15.1. The molecular formula is C20H20O6. The molecule has 0 bridgehead atoms. The molecule has 0 aromatic heterocycles. The van der Waals surface area contributed by atoms with Crippen LogP contribution >= 0.6 is 0 Å². The van der Waals surface area contributed by atoms with Crippen molar-refractivity contribution in [1.82, 2.24) is 0 Å². The fourth-order valence-electron chi connectivity index (χ4n) is 2.07. The number of carbonyl (C=O) groups excluding carboxylic acids is 3. The molecule has 0 spiro atoms. The van der Waals surface area contributed by atoms with Crippen LogP contribution in [0, 0.1) is 0 Å². The average molecular weight is 356 g/mol. The first-order chi connectivity index (χ1) is 12.4. The van der Waals surface area contributed by atoms with E-state index in [0.717, 1.165) is 5.56 Å². The van der Waals surface area contributed by atoms with E-state index in [-0.39, 0.29) is 12.2 Å². The van der Waals surface area contributed by atoms with Crippen LogP contribution < -0.4 is 0 Å². The maximum Gasteiger partial charge on any atom is 0.379 e. The Bertz CT molecular complexity index is 780. The van der Waals surface area contributed by atoms with E-state index in [4.69, 9.17) is 5.11 Å². The van der Waals surface area contributed by atoms with Gasteiger partial charge in [-0.2, -0.15) is 0 Å². The van der Waals surface area contributed by atoms with Crippen molar-refractivity contribution in [2.45, 2.75) is 20.3 Å². The molecule has 2 aromatic rings. The summed E-state index contributed by atoms with van der Waals surface area (Å²) in [5.41, 5.74) is 1.42. The van der Waals surface area contributed by atoms with Gasteiger partial charge >= 0.3 is 11.9 Å². The molecule has 0 radical (unpaired) electrons. The molecule has 0 amide bonds. The van der Waals surface area contributed by atoms with Crippen molar-refractivity contribution < 1.29 is 29.0 Å². The molecule has 26 heavy (non-hydrogen) atoms. The van der Waals surface area contributed by atoms with Gasteiger partial charge in [0, 0.05) is 11.1 Å². The Morgan fingerprint density at radius 2 is 1.42 bits per heavy atom. The highest BCUT2D eigenvalue weighted by Gasteiger charge is 2.17. The van der Waals surface area contributed by atoms with E-state index in [2.05, 4.69) is 4.74 Å². The predicted octanol–water partition coefficient (Wildman–Crippen LogP) is 2.95. The third-order valence-electron chi connectivity index (χ3n) is 3.33. The molecule has 0 fully saturated rings. The number of hydrogen-bond acceptors (Lipinski definition) is 5. The molecule has 0 aliphatic heterocycles. The van der Waals surface area contributed by atoms with Gasteiger partial charge in [0.1, 0.15) is 0 Å². The van der Waals surface area contributed by atoms with E-state index < -0.39 is 23.5 Å². The second-order valence-corrected chi connectivity index (χ2v) is 5.06. The van der Waals surface area contributed by atoms with Gasteiger partial charge in [-0.1, -0.05) is 61.5 Å². The number of ketones is 2. The van der Waals surface area contributed by atoms with E-state index in [1.165, 1.54) is 6.07 Å². The summed E-state index contributed by atoms with van der Waals surface area (Å²) in [6.07, 6.45) is 0.662. The minimum absolute atomic E-state index is 0.220. The summed E-state index contributed by atoms with van der Waals surface area (Å²) >= 11 is 0. The van der Waals surface area contributed by atoms with Crippen LogP contribution in [0.4, 0.5) is 0 Å². The Morgan fingerprint density at radius 1 is 0.846 bits per heavy atom. The van der Waals surface area contributed by atoms with Gasteiger partial charge in [-0.3, -0.25) is 9.59 Å². The lowest BCUT2D eigenvalue weighted by atomic mass is 10.0. The van der Waals surface area contributed by atoms with Gasteiger partial charge in [0.15, 0.2) is 0 Å². The fourth-order valence-corrected chi connectivity index (χ4v) is 2.07. The number of carbonyl (C=O) groups is 4. The fraction of sp³-hybridized carbons (Fsp3) is 0.200. The minimum atomic E-state index is -1.40. The first-order valence-corrected chi connectivity index (χ1v) is 8.04. The molecule has 0 aliphatic rings. The van der Waals surface area contributed by atoms with Crippen LogP contribution in [0.5, 0.6) is 0 Å². The highest BCUT2D eigenvalue weighted by molar-refractivity contribution is 6.40. The van der Waals surface area contributed by atoms with Gasteiger partial charge < -0.3 is 9.84 Å². The van der Waals surface area contributed by atoms with Gasteiger partial charge in [0.2, 0.25) is 0 Å². The van der Waals surface area contributed by atoms with Crippen molar-refractivity contribution in [2.75, 3.05) is 6.61 Å². The molecule has 1 N–H and O–H groups in total. The zero-order valence-corrected chi connectivity index (χ0v) is 14.6. The summed E-state index contributed by atoms with van der Waals surface area (Å²) in [4.78, 5) is 43.8. The van der Waals surface area contributed by atoms with Gasteiger partial charge in [-0.25, -0.2) is 9.59 Å². The van der Waals surface area contributed by atoms with E-state index in [9.17, 15) is 19.2 Å². The number of carboxylic acid groups (broad SMARTS) is 1. The molecule has 0 aliphatic carbocycles. The first-order valence-electron chi connectivity index (χ1n) is 8.04. The summed E-state index contributed by atoms with van der Waals surface area (Å²) in [5, 5.41) is 8.51. The molecular weight excluding hydrogens is 336 g/mol. The Hall–Kier alpha value is -3.28. The standard InChI is InChI=1S/2C10H10O3/c1-2-13-10(12)9(11)8-6-4-3-5-7-8;1-2-7-5-3-4-6-8(7)9(11)10(12)13/h3-7H,2H2,1H3;3-6H,2H2,1H3,(H,12,13). The number of aliphatic carboxylic acids is 1. The zero-order chi connectivity index (χ0) is 19.5. The SMILES string of the molecule is CCOC(=O)C(=O)c1ccccc1.CCc1ccccc1C(=O)C(=O)O. The molecule has 0 unspecified atom stereocenters. The summed E-state index contributed by atoms with van der Waals surface area (Å²) < 4.78 is 4.57. The summed E-state index contributed by atoms with van der Waals surface area (Å²) in [7, 11) is 0. The van der Waals surface area contributed by atoms with Crippen LogP contribution in [-0.2, 0) is 20.7 Å². The van der Waals surface area contributed by atoms with Crippen molar-refractivity contribution in [1.29, 1.82) is 0 Å². The second kappa shape index (κ2) is 10.6. The first kappa shape index (κ1) is 20.8. The molecule has 2 aromatic carbocycles. The van der Waals surface area contributed by atoms with Gasteiger partial charge in [0.25, 0.3) is 11.6 Å². The number of hydrogen-bond donors (Lipinski definition) is 1. The Morgan fingerprint density at radius 3 is 1.96 bits per heavy atom. The van der Waals surface area contributed by atoms with E-state index >= 15 is 0 Å². The molecule has 6 nitrogen and oxygen atoms in total. The minimum Gasteiger partial charge on any atom is -0.475 e. The van der Waals surface area contributed by atoms with Crippen molar-refractivity contribution in [3.05, 3.63) is 71.3 Å². The van der Waals surface area contributed by atoms with Crippen molar-refractivity contribution in [3.63, 3.8) is 0 Å². The predicted molar refractivity (Wildman–Crippen MR) is 95.2 cm³/mol. The molecule has 0 atom stereocenters. The summed E-state index contributed by atoms with van der Waals surface area (Å²) in [5.74, 6) is -3.63. The van der Waals surface area contributed by atoms with E-state index in [0.29, 0.717) is 12.0 Å². The van der Waals surface area contributed by atoms with E-state index in [1.807, 2.05) is 6.92 Å². The number of ether oxygens (including phenoxy) is 1. The average Bonchev–Trinajstić information content (AvgIpc) is 2.68. The van der Waals surface area contributed by atoms with Crippen LogP contribution in [0.15, 0.2) is 54.6 Å². The van der Waals surface area contributed by atoms with Crippen molar-refractivity contribution in [3.8, 4) is 0 Å². The maximum atomic E-state index is 11.3. The number of aryl methyl sites for hydroxylation is 1. The highest BCUT2D eigenvalue weighted by Crippen LogP contribution is 2.10. The Kier molecular flexibility index (Phi) is 8.43. The van der Waals surface area contributed by atoms with Crippen molar-refractivity contribution >= 4 is 23.5 Å². The smallest absolute Gasteiger partial charge is 0.379 e. The third-order valence-corrected chi connectivity index (χ3v) is 3.33. The highest BCUT2D eigenvalue weighted by atomic mass is 16.5. The largest absolute Gasteiger partial charge is 0.475 e. The Labute approximate surface area is 151 Å². The van der Waals surface area contributed by atoms with Crippen LogP contribution in [0.25, 0.3) is 0 Å². The summed E-state index contributed by atoms with van der Waals surface area (Å²) in [6.45, 7) is 3.77. The molecule has 0 saturated carbocycles. The molecule has 2 rings (SSSR count). The monoisotopic (exact) mass is 356 g/mol. The molecule has 0 heterocycles. The molecule has 136 valence electrons. The number of rotatable bonds is 6. The number of esters is 1. The maximum absolute atomic E-state index is 11.3. The lowest BCUT2D eigenvalue weighted by molar-refractivity contribution is -0.137. The lowest BCUT2D eigenvalue weighted by Crippen LogP contribution is -2.17. The van der Waals surface area contributed by atoms with Gasteiger partial charge in [-0.15, -0.1) is 0 Å². The Balaban J connectivity index is 0.000000260. The number of Topliss-reactive ketones (excluding diaryl/α,β-unsaturated/α-hetero) is 2. The van der Waals surface area contributed by atoms with Crippen LogP contribution in [-0.4, -0.2) is 35.2 Å². The topological polar surface area (TPSA) is 97.7 Å². The number of carboxylic acids is 1. The van der Waals surface area contributed by atoms with Crippen molar-refractivity contribution in [2.24, 2.45) is 0 Å². The normalized spacial score (nSPS) is 9.46. The lowest BCUT2D eigenvalue weighted by Gasteiger charge is -2.02. The van der Waals surface area contributed by atoms with Gasteiger partial charge in [0.05, 0.1) is 6.61 Å². The van der Waals surface area contributed by atoms with E-state index in [1.54, 1.807) is 55.5 Å². The zero-order valence-electron chi connectivity index (χ0n) is 14.6. The second-order valence-electron chi connectivity index (χ2n) is 5.06. The third kappa shape index (κ3) is 5.98. The molecule has 6 heteroatoms. The van der Waals surface area contributed by atoms with Crippen LogP contribution in [0.3, 0.4) is 0 Å². The van der Waals surface area contributed by atoms with Crippen LogP contribution in [0.1, 0.15) is 40.1 Å². The number of benzene rings is 2. The quantitative estimate of drug-likeness (QED) is 0.485. The van der Waals surface area contributed by atoms with Gasteiger partial charge in [-0.05, 0) is 18.9 Å². The molecule has 0 saturated heterocycles.